The van der Waals surface area contributed by atoms with Crippen molar-refractivity contribution in [3.63, 3.8) is 0 Å². The van der Waals surface area contributed by atoms with E-state index in [0.29, 0.717) is 10.9 Å². The Morgan fingerprint density at radius 1 is 0.673 bits per heavy atom. The van der Waals surface area contributed by atoms with E-state index < -0.39 is 121 Å². The molecule has 0 spiro atoms. The van der Waals surface area contributed by atoms with Gasteiger partial charge in [-0.3, -0.25) is 43.2 Å². The zero-order chi connectivity index (χ0) is 41.6. The summed E-state index contributed by atoms with van der Waals surface area (Å²) >= 11 is 0. The smallest absolute Gasteiger partial charge is 0.336 e. The number of rotatable bonds is 21. The largest absolute Gasteiger partial charge is 0.481 e. The van der Waals surface area contributed by atoms with Crippen molar-refractivity contribution < 1.29 is 68.0 Å². The van der Waals surface area contributed by atoms with Crippen LogP contribution in [0, 0.1) is 12.8 Å². The number of aliphatic carboxylic acids is 3. The third kappa shape index (κ3) is 14.9. The first-order valence-electron chi connectivity index (χ1n) is 16.8. The second-order valence-corrected chi connectivity index (χ2v) is 12.9. The van der Waals surface area contributed by atoms with Gasteiger partial charge in [-0.15, -0.1) is 0 Å². The lowest BCUT2D eigenvalue weighted by Gasteiger charge is -2.26. The van der Waals surface area contributed by atoms with Crippen LogP contribution in [0.15, 0.2) is 33.5 Å². The molecule has 1 heterocycles. The highest BCUT2D eigenvalue weighted by atomic mass is 16.4. The van der Waals surface area contributed by atoms with Gasteiger partial charge < -0.3 is 56.7 Å². The van der Waals surface area contributed by atoms with Crippen LogP contribution in [-0.2, 0) is 43.2 Å². The Bertz CT molecular complexity index is 1860. The van der Waals surface area contributed by atoms with Gasteiger partial charge in [-0.2, -0.15) is 0 Å². The number of carboxylic acid groups (broad SMARTS) is 3. The summed E-state index contributed by atoms with van der Waals surface area (Å²) in [6.07, 6.45) is -3.22. The highest BCUT2D eigenvalue weighted by molar-refractivity contribution is 6.02. The van der Waals surface area contributed by atoms with Gasteiger partial charge in [-0.05, 0) is 43.4 Å². The van der Waals surface area contributed by atoms with Crippen LogP contribution in [0.25, 0.3) is 11.0 Å². The van der Waals surface area contributed by atoms with Crippen LogP contribution >= 0.6 is 0 Å². The molecule has 0 saturated heterocycles. The predicted molar refractivity (Wildman–Crippen MR) is 189 cm³/mol. The Labute approximate surface area is 312 Å². The molecule has 1 aromatic carbocycles. The molecule has 0 fully saturated rings. The molecular weight excluding hydrogens is 732 g/mol. The first-order valence-corrected chi connectivity index (χ1v) is 16.8. The van der Waals surface area contributed by atoms with Gasteiger partial charge in [0.1, 0.15) is 35.8 Å². The molecule has 55 heavy (non-hydrogen) atoms. The molecule has 0 aliphatic carbocycles. The van der Waals surface area contributed by atoms with E-state index in [1.165, 1.54) is 24.3 Å². The van der Waals surface area contributed by atoms with Crippen LogP contribution in [0.4, 0.5) is 5.69 Å². The van der Waals surface area contributed by atoms with Crippen LogP contribution < -0.4 is 37.5 Å². The van der Waals surface area contributed by atoms with E-state index in [2.05, 4.69) is 31.9 Å². The quantitative estimate of drug-likeness (QED) is 0.0634. The number of carbonyl (C=O) groups excluding carboxylic acids is 6. The van der Waals surface area contributed by atoms with Gasteiger partial charge in [0.2, 0.25) is 35.4 Å². The van der Waals surface area contributed by atoms with E-state index in [-0.39, 0.29) is 23.6 Å². The van der Waals surface area contributed by atoms with Crippen molar-refractivity contribution in [2.24, 2.45) is 5.92 Å². The third-order valence-electron chi connectivity index (χ3n) is 7.74. The fraction of sp³-hybridized carbons (Fsp3) is 0.471. The summed E-state index contributed by atoms with van der Waals surface area (Å²) in [7, 11) is 0. The number of aliphatic hydroxyl groups is 1. The fourth-order valence-electron chi connectivity index (χ4n) is 5.17. The zero-order valence-corrected chi connectivity index (χ0v) is 30.3. The molecule has 2 rings (SSSR count). The minimum atomic E-state index is -1.90. The summed E-state index contributed by atoms with van der Waals surface area (Å²) in [5.41, 5.74) is 0.0870. The van der Waals surface area contributed by atoms with Crippen molar-refractivity contribution in [1.29, 1.82) is 0 Å². The molecule has 0 unspecified atom stereocenters. The molecule has 10 N–H and O–H groups in total. The van der Waals surface area contributed by atoms with Crippen LogP contribution in [0.3, 0.4) is 0 Å². The molecule has 0 aliphatic heterocycles. The third-order valence-corrected chi connectivity index (χ3v) is 7.74. The summed E-state index contributed by atoms with van der Waals surface area (Å²) in [5, 5.41) is 51.9. The van der Waals surface area contributed by atoms with Gasteiger partial charge in [0.15, 0.2) is 0 Å². The number of aryl methyl sites for hydroxylation is 1. The number of aliphatic hydroxyl groups excluding tert-OH is 1. The second kappa shape index (κ2) is 20.8. The number of nitrogens with one attached hydrogen (secondary N) is 6. The number of benzene rings is 1. The van der Waals surface area contributed by atoms with Gasteiger partial charge in [0.05, 0.1) is 19.4 Å². The molecule has 0 bridgehead atoms. The minimum Gasteiger partial charge on any atom is -0.481 e. The SMILES string of the molecule is CC(=O)N[C@@H](CC(C)C)C(=O)N[C@@H](CC(=O)O)C(=O)N[C@@H](CCC(=O)O)C(=O)N[C@@H](CO)C(=O)N[C@@H](CC(=O)O)C(=O)Nc1ccc2c(C)cc(=O)oc2c1. The van der Waals surface area contributed by atoms with Crippen LogP contribution in [0.2, 0.25) is 0 Å². The minimum absolute atomic E-state index is 0.0582. The molecule has 21 heteroatoms. The van der Waals surface area contributed by atoms with Crippen molar-refractivity contribution in [3.8, 4) is 0 Å². The number of hydrogen-bond acceptors (Lipinski definition) is 12. The summed E-state index contributed by atoms with van der Waals surface area (Å²) < 4.78 is 5.14. The maximum Gasteiger partial charge on any atom is 0.336 e. The average Bonchev–Trinajstić information content (AvgIpc) is 3.06. The number of anilines is 1. The molecule has 0 aliphatic rings. The van der Waals surface area contributed by atoms with E-state index >= 15 is 0 Å². The standard InChI is InChI=1S/C34H44N6O15/c1-15(2)9-21(35-17(4)42)32(52)38-23(13-28(47)48)33(53)37-20(7-8-26(43)44)30(50)40-24(14-41)34(54)39-22(12-27(45)46)31(51)36-18-5-6-19-16(3)10-29(49)55-25(19)11-18/h5-6,10-11,15,20-24,41H,7-9,12-14H2,1-4H3,(H,35,42)(H,36,51)(H,37,53)(H,38,52)(H,39,54)(H,40,50)(H,43,44)(H,45,46)(H,47,48)/t20-,21-,22-,23-,24-/m0/s1. The number of fused-ring (bicyclic) bond motifs is 1. The van der Waals surface area contributed by atoms with Crippen LogP contribution in [0.5, 0.6) is 0 Å². The van der Waals surface area contributed by atoms with Crippen molar-refractivity contribution in [2.45, 2.75) is 90.0 Å². The Morgan fingerprint density at radius 3 is 1.71 bits per heavy atom. The van der Waals surface area contributed by atoms with Crippen molar-refractivity contribution in [3.05, 3.63) is 40.2 Å². The molecular formula is C34H44N6O15. The monoisotopic (exact) mass is 776 g/mol. The lowest BCUT2D eigenvalue weighted by molar-refractivity contribution is -0.142. The molecule has 1 aromatic heterocycles. The maximum absolute atomic E-state index is 13.3. The van der Waals surface area contributed by atoms with E-state index in [0.717, 1.165) is 6.92 Å². The van der Waals surface area contributed by atoms with Crippen LogP contribution in [-0.4, -0.2) is 111 Å². The Hall–Kier alpha value is -6.38. The zero-order valence-electron chi connectivity index (χ0n) is 30.3. The Morgan fingerprint density at radius 2 is 1.18 bits per heavy atom. The fourth-order valence-corrected chi connectivity index (χ4v) is 5.17. The summed E-state index contributed by atoms with van der Waals surface area (Å²) in [6.45, 7) is 5.15. The van der Waals surface area contributed by atoms with Crippen molar-refractivity contribution in [1.82, 2.24) is 26.6 Å². The van der Waals surface area contributed by atoms with E-state index in [1.807, 2.05) is 0 Å². The molecule has 0 radical (unpaired) electrons. The lowest BCUT2D eigenvalue weighted by Crippen LogP contribution is -2.60. The Balaban J connectivity index is 2.26. The summed E-state index contributed by atoms with van der Waals surface area (Å²) in [6, 6.07) is -2.98. The molecule has 21 nitrogen and oxygen atoms in total. The molecule has 6 amide bonds. The second-order valence-electron chi connectivity index (χ2n) is 12.9. The molecule has 0 saturated carbocycles. The Kier molecular flexibility index (Phi) is 16.9. The first-order chi connectivity index (χ1) is 25.7. The summed E-state index contributed by atoms with van der Waals surface area (Å²) in [5.74, 6) is -11.0. The van der Waals surface area contributed by atoms with E-state index in [4.69, 9.17) is 4.42 Å². The van der Waals surface area contributed by atoms with Crippen molar-refractivity contribution >= 4 is 70.0 Å². The predicted octanol–water partition coefficient (Wildman–Crippen LogP) is -1.66. The maximum atomic E-state index is 13.3. The first kappa shape index (κ1) is 44.8. The lowest BCUT2D eigenvalue weighted by atomic mass is 10.0. The topological polar surface area (TPSA) is 337 Å². The molecule has 5 atom stereocenters. The highest BCUT2D eigenvalue weighted by Crippen LogP contribution is 2.21. The van der Waals surface area contributed by atoms with E-state index in [1.54, 1.807) is 20.8 Å². The van der Waals surface area contributed by atoms with Gasteiger partial charge in [-0.25, -0.2) is 4.79 Å². The van der Waals surface area contributed by atoms with Gasteiger partial charge in [0, 0.05) is 36.6 Å². The van der Waals surface area contributed by atoms with Gasteiger partial charge in [-0.1, -0.05) is 13.8 Å². The normalized spacial score (nSPS) is 13.6. The van der Waals surface area contributed by atoms with Gasteiger partial charge in [0.25, 0.3) is 0 Å². The molecule has 2 aromatic rings. The van der Waals surface area contributed by atoms with E-state index in [9.17, 15) is 68.4 Å². The number of carboxylic acids is 3. The van der Waals surface area contributed by atoms with Gasteiger partial charge >= 0.3 is 23.5 Å². The van der Waals surface area contributed by atoms with Crippen molar-refractivity contribution in [2.75, 3.05) is 11.9 Å². The molecule has 300 valence electrons. The number of carbonyl (C=O) groups is 9. The summed E-state index contributed by atoms with van der Waals surface area (Å²) in [4.78, 5) is 124. The van der Waals surface area contributed by atoms with Crippen LogP contribution in [0.1, 0.15) is 58.4 Å². The highest BCUT2D eigenvalue weighted by Gasteiger charge is 2.34. The number of amides is 6. The number of hydrogen-bond donors (Lipinski definition) is 10. The average molecular weight is 777 g/mol.